The van der Waals surface area contributed by atoms with Crippen molar-refractivity contribution < 1.29 is 13.2 Å². The van der Waals surface area contributed by atoms with E-state index in [2.05, 4.69) is 19.2 Å². The second kappa shape index (κ2) is 8.81. The van der Waals surface area contributed by atoms with Crippen LogP contribution in [0.15, 0.2) is 35.2 Å². The lowest BCUT2D eigenvalue weighted by Crippen LogP contribution is -2.48. The van der Waals surface area contributed by atoms with Crippen molar-refractivity contribution in [2.45, 2.75) is 69.9 Å². The van der Waals surface area contributed by atoms with Gasteiger partial charge >= 0.3 is 0 Å². The molecule has 25 heavy (non-hydrogen) atoms. The maximum absolute atomic E-state index is 12.8. The Morgan fingerprint density at radius 2 is 1.88 bits per heavy atom. The van der Waals surface area contributed by atoms with Crippen molar-refractivity contribution in [3.8, 4) is 0 Å². The highest BCUT2D eigenvalue weighted by Crippen LogP contribution is 2.26. The summed E-state index contributed by atoms with van der Waals surface area (Å²) in [5.41, 5.74) is 0. The van der Waals surface area contributed by atoms with Crippen molar-refractivity contribution in [1.82, 2.24) is 9.62 Å². The molecule has 0 radical (unpaired) electrons. The van der Waals surface area contributed by atoms with Gasteiger partial charge in [0.1, 0.15) is 6.04 Å². The maximum Gasteiger partial charge on any atom is 0.243 e. The van der Waals surface area contributed by atoms with Gasteiger partial charge in [0.05, 0.1) is 4.90 Å². The molecule has 0 spiro atoms. The Bertz CT molecular complexity index is 659. The van der Waals surface area contributed by atoms with E-state index in [4.69, 9.17) is 0 Å². The maximum atomic E-state index is 12.8. The van der Waals surface area contributed by atoms with Crippen molar-refractivity contribution in [2.75, 3.05) is 6.54 Å². The van der Waals surface area contributed by atoms with Gasteiger partial charge in [-0.25, -0.2) is 8.42 Å². The minimum Gasteiger partial charge on any atom is -0.352 e. The van der Waals surface area contributed by atoms with E-state index in [-0.39, 0.29) is 16.8 Å². The first-order valence-corrected chi connectivity index (χ1v) is 10.6. The Kier molecular flexibility index (Phi) is 7.02. The summed E-state index contributed by atoms with van der Waals surface area (Å²) in [4.78, 5) is 12.9. The van der Waals surface area contributed by atoms with Crippen LogP contribution in [0, 0.1) is 5.92 Å². The lowest BCUT2D eigenvalue weighted by Gasteiger charge is -2.25. The predicted molar refractivity (Wildman–Crippen MR) is 99.6 cm³/mol. The molecule has 1 N–H and O–H groups in total. The summed E-state index contributed by atoms with van der Waals surface area (Å²) in [7, 11) is -3.62. The predicted octanol–water partition coefficient (Wildman–Crippen LogP) is 3.17. The van der Waals surface area contributed by atoms with Crippen molar-refractivity contribution in [2.24, 2.45) is 5.92 Å². The van der Waals surface area contributed by atoms with E-state index in [1.807, 2.05) is 6.92 Å². The van der Waals surface area contributed by atoms with Gasteiger partial charge in [0.25, 0.3) is 0 Å². The Morgan fingerprint density at radius 3 is 2.52 bits per heavy atom. The summed E-state index contributed by atoms with van der Waals surface area (Å²) in [6.45, 7) is 6.77. The molecule has 1 aliphatic heterocycles. The third-order valence-electron chi connectivity index (χ3n) is 4.66. The lowest BCUT2D eigenvalue weighted by atomic mass is 10.0. The summed E-state index contributed by atoms with van der Waals surface area (Å²) in [6, 6.07) is 7.81. The fourth-order valence-corrected chi connectivity index (χ4v) is 4.94. The van der Waals surface area contributed by atoms with E-state index in [1.54, 1.807) is 30.3 Å². The summed E-state index contributed by atoms with van der Waals surface area (Å²) in [5, 5.41) is 3.00. The van der Waals surface area contributed by atoms with E-state index in [9.17, 15) is 13.2 Å². The summed E-state index contributed by atoms with van der Waals surface area (Å²) < 4.78 is 27.0. The first-order valence-electron chi connectivity index (χ1n) is 9.19. The molecule has 1 heterocycles. The third-order valence-corrected chi connectivity index (χ3v) is 6.59. The molecule has 2 rings (SSSR count). The van der Waals surface area contributed by atoms with Crippen LogP contribution in [0.1, 0.15) is 52.9 Å². The zero-order valence-electron chi connectivity index (χ0n) is 15.4. The van der Waals surface area contributed by atoms with Crippen LogP contribution in [0.5, 0.6) is 0 Å². The first kappa shape index (κ1) is 19.9. The summed E-state index contributed by atoms with van der Waals surface area (Å²) in [5.74, 6) is 0.485. The van der Waals surface area contributed by atoms with Crippen LogP contribution in [0.4, 0.5) is 0 Å². The molecule has 2 atom stereocenters. The van der Waals surface area contributed by atoms with E-state index >= 15 is 0 Å². The van der Waals surface area contributed by atoms with E-state index in [0.717, 1.165) is 19.3 Å². The normalized spacial score (nSPS) is 19.9. The molecular weight excluding hydrogens is 336 g/mol. The Balaban J connectivity index is 2.00. The summed E-state index contributed by atoms with van der Waals surface area (Å²) in [6.07, 6.45) is 4.42. The second-order valence-corrected chi connectivity index (χ2v) is 9.21. The number of carbonyl (C=O) groups is 1. The molecule has 1 aliphatic rings. The molecule has 0 saturated carbocycles. The number of carbonyl (C=O) groups excluding carboxylic acids is 1. The van der Waals surface area contributed by atoms with E-state index < -0.39 is 16.1 Å². The fraction of sp³-hybridized carbons (Fsp3) is 0.632. The van der Waals surface area contributed by atoms with Gasteiger partial charge < -0.3 is 5.32 Å². The van der Waals surface area contributed by atoms with Gasteiger partial charge in [-0.3, -0.25) is 4.79 Å². The highest BCUT2D eigenvalue weighted by molar-refractivity contribution is 7.89. The van der Waals surface area contributed by atoms with Gasteiger partial charge in [0.2, 0.25) is 15.9 Å². The van der Waals surface area contributed by atoms with Gasteiger partial charge in [-0.05, 0) is 44.2 Å². The van der Waals surface area contributed by atoms with Gasteiger partial charge in [0, 0.05) is 12.6 Å². The smallest absolute Gasteiger partial charge is 0.243 e. The quantitative estimate of drug-likeness (QED) is 0.768. The lowest BCUT2D eigenvalue weighted by molar-refractivity contribution is -0.124. The van der Waals surface area contributed by atoms with E-state index in [0.29, 0.717) is 25.3 Å². The molecule has 0 aromatic heterocycles. The number of nitrogens with zero attached hydrogens (tertiary/aromatic N) is 1. The van der Waals surface area contributed by atoms with Gasteiger partial charge in [-0.1, -0.05) is 44.9 Å². The Labute approximate surface area is 151 Å². The molecule has 1 amide bonds. The average Bonchev–Trinajstić information content (AvgIpc) is 3.06. The van der Waals surface area contributed by atoms with Crippen LogP contribution in [-0.4, -0.2) is 37.3 Å². The number of benzene rings is 1. The van der Waals surface area contributed by atoms with Gasteiger partial charge in [-0.2, -0.15) is 4.31 Å². The van der Waals surface area contributed by atoms with Gasteiger partial charge in [-0.15, -0.1) is 0 Å². The third kappa shape index (κ3) is 5.28. The highest BCUT2D eigenvalue weighted by atomic mass is 32.2. The van der Waals surface area contributed by atoms with Crippen molar-refractivity contribution in [3.63, 3.8) is 0 Å². The number of amides is 1. The fourth-order valence-electron chi connectivity index (χ4n) is 3.26. The molecule has 1 aromatic carbocycles. The minimum absolute atomic E-state index is 0.0631. The SMILES string of the molecule is CC(C)CCC[C@H](C)NC(=O)[C@@H]1CCCN1S(=O)(=O)c1ccccc1. The number of nitrogens with one attached hydrogen (secondary N) is 1. The molecule has 0 aliphatic carbocycles. The summed E-state index contributed by atoms with van der Waals surface area (Å²) >= 11 is 0. The monoisotopic (exact) mass is 366 g/mol. The number of hydrogen-bond acceptors (Lipinski definition) is 3. The van der Waals surface area contributed by atoms with Crippen LogP contribution in [0.2, 0.25) is 0 Å². The average molecular weight is 367 g/mol. The van der Waals surface area contributed by atoms with Crippen LogP contribution in [0.25, 0.3) is 0 Å². The van der Waals surface area contributed by atoms with Crippen LogP contribution < -0.4 is 5.32 Å². The molecule has 1 fully saturated rings. The van der Waals surface area contributed by atoms with Crippen molar-refractivity contribution in [1.29, 1.82) is 0 Å². The Morgan fingerprint density at radius 1 is 1.20 bits per heavy atom. The molecule has 140 valence electrons. The van der Waals surface area contributed by atoms with Crippen molar-refractivity contribution >= 4 is 15.9 Å². The zero-order chi connectivity index (χ0) is 18.4. The van der Waals surface area contributed by atoms with Crippen molar-refractivity contribution in [3.05, 3.63) is 30.3 Å². The largest absolute Gasteiger partial charge is 0.352 e. The number of sulfonamides is 1. The van der Waals surface area contributed by atoms with E-state index in [1.165, 1.54) is 4.31 Å². The number of rotatable bonds is 8. The highest BCUT2D eigenvalue weighted by Gasteiger charge is 2.39. The molecule has 5 nitrogen and oxygen atoms in total. The van der Waals surface area contributed by atoms with Crippen LogP contribution in [-0.2, 0) is 14.8 Å². The second-order valence-electron chi connectivity index (χ2n) is 7.32. The molecule has 0 unspecified atom stereocenters. The van der Waals surface area contributed by atoms with Gasteiger partial charge in [0.15, 0.2) is 0 Å². The molecule has 1 saturated heterocycles. The first-order chi connectivity index (χ1) is 11.8. The molecule has 1 aromatic rings. The van der Waals surface area contributed by atoms with Crippen LogP contribution >= 0.6 is 0 Å². The topological polar surface area (TPSA) is 66.5 Å². The molecule has 6 heteroatoms. The van der Waals surface area contributed by atoms with Crippen LogP contribution in [0.3, 0.4) is 0 Å². The zero-order valence-corrected chi connectivity index (χ0v) is 16.3. The minimum atomic E-state index is -3.62. The molecular formula is C19H30N2O3S. The number of hydrogen-bond donors (Lipinski definition) is 1. The standard InChI is InChI=1S/C19H30N2O3S/c1-15(2)9-7-10-16(3)20-19(22)18-13-8-14-21(18)25(23,24)17-11-5-4-6-12-17/h4-6,11-12,15-16,18H,7-10,13-14H2,1-3H3,(H,20,22)/t16-,18-/m0/s1. The molecule has 0 bridgehead atoms. The Hall–Kier alpha value is -1.40.